The van der Waals surface area contributed by atoms with Crippen LogP contribution in [-0.2, 0) is 10.8 Å². The van der Waals surface area contributed by atoms with Crippen LogP contribution in [0.15, 0.2) is 200 Å². The van der Waals surface area contributed by atoms with E-state index in [4.69, 9.17) is 6.58 Å². The zero-order valence-electron chi connectivity index (χ0n) is 36.3. The third-order valence-electron chi connectivity index (χ3n) is 14.9. The predicted octanol–water partition coefficient (Wildman–Crippen LogP) is 16.7. The number of nitrogens with zero attached hydrogens (tertiary/aromatic N) is 1. The fourth-order valence-electron chi connectivity index (χ4n) is 11.7. The number of anilines is 3. The maximum atomic E-state index is 4.83. The Labute approximate surface area is 368 Å². The van der Waals surface area contributed by atoms with Gasteiger partial charge in [-0.2, -0.15) is 0 Å². The molecule has 3 unspecified atom stereocenters. The van der Waals surface area contributed by atoms with Crippen molar-refractivity contribution < 1.29 is 0 Å². The van der Waals surface area contributed by atoms with Gasteiger partial charge in [-0.1, -0.05) is 186 Å². The average molecular weight is 800 g/mol. The van der Waals surface area contributed by atoms with Gasteiger partial charge in [0.1, 0.15) is 0 Å². The molecule has 1 fully saturated rings. The SMILES string of the molecule is C=C1CC(CC)CC(C)C12c1ccccc1-c1cc(-c3ccc4c(c3)C(C)(C)c3cc(N(c5ccc(-c6ccccc6)cc5)c5ccc(-c6ccccc6)cc5)ccc3-4)ccc12. The molecule has 3 aliphatic rings. The van der Waals surface area contributed by atoms with Crippen molar-refractivity contribution in [2.24, 2.45) is 11.8 Å². The first-order valence-electron chi connectivity index (χ1n) is 22.6. The van der Waals surface area contributed by atoms with Crippen molar-refractivity contribution in [1.82, 2.24) is 0 Å². The molecule has 0 N–H and O–H groups in total. The summed E-state index contributed by atoms with van der Waals surface area (Å²) in [6.07, 6.45) is 3.57. The van der Waals surface area contributed by atoms with E-state index in [1.54, 1.807) is 0 Å². The van der Waals surface area contributed by atoms with Gasteiger partial charge in [-0.15, -0.1) is 0 Å². The molecule has 1 spiro atoms. The minimum atomic E-state index is -0.199. The van der Waals surface area contributed by atoms with Crippen LogP contribution in [0.2, 0.25) is 0 Å². The molecule has 1 saturated carbocycles. The van der Waals surface area contributed by atoms with Gasteiger partial charge in [0.2, 0.25) is 0 Å². The van der Waals surface area contributed by atoms with Crippen molar-refractivity contribution in [2.45, 2.75) is 57.8 Å². The summed E-state index contributed by atoms with van der Waals surface area (Å²) in [6, 6.07) is 70.1. The van der Waals surface area contributed by atoms with Gasteiger partial charge in [-0.3, -0.25) is 0 Å². The van der Waals surface area contributed by atoms with E-state index >= 15 is 0 Å². The first-order chi connectivity index (χ1) is 30.2. The van der Waals surface area contributed by atoms with Crippen LogP contribution in [0.25, 0.3) is 55.6 Å². The Hall–Kier alpha value is -6.70. The second kappa shape index (κ2) is 14.7. The Morgan fingerprint density at radius 2 is 0.935 bits per heavy atom. The standard InChI is InChI=1S/C61H53N/c1-6-42-35-40(2)61(41(3)36-42)56-20-14-13-19-52(56)55-37-47(26-34-57(55)61)48-25-32-53-54-33-31-51(39-59(54)60(4,5)58(53)38-48)62(49-27-21-45(22-28-49)43-15-9-7-10-16-43)50-29-23-46(24-30-50)44-17-11-8-12-18-44/h7-34,37-39,41-42H,2,6,35-36H2,1,3-5H3. The normalized spacial score (nSPS) is 19.1. The summed E-state index contributed by atoms with van der Waals surface area (Å²) in [6.45, 7) is 14.5. The van der Waals surface area contributed by atoms with Gasteiger partial charge < -0.3 is 4.90 Å². The van der Waals surface area contributed by atoms with Crippen LogP contribution in [0.3, 0.4) is 0 Å². The van der Waals surface area contributed by atoms with Gasteiger partial charge in [0.05, 0.1) is 0 Å². The highest BCUT2D eigenvalue weighted by Gasteiger charge is 2.51. The molecule has 0 radical (unpaired) electrons. The van der Waals surface area contributed by atoms with E-state index in [0.717, 1.165) is 29.4 Å². The number of rotatable bonds is 7. The zero-order chi connectivity index (χ0) is 42.2. The van der Waals surface area contributed by atoms with Gasteiger partial charge in [0, 0.05) is 27.9 Å². The smallest absolute Gasteiger partial charge is 0.0465 e. The number of allylic oxidation sites excluding steroid dienone is 1. The predicted molar refractivity (Wildman–Crippen MR) is 263 cm³/mol. The van der Waals surface area contributed by atoms with E-state index in [-0.39, 0.29) is 10.8 Å². The Kier molecular flexibility index (Phi) is 9.09. The average Bonchev–Trinajstić information content (AvgIpc) is 3.74. The maximum absolute atomic E-state index is 4.83. The van der Waals surface area contributed by atoms with Crippen LogP contribution in [-0.4, -0.2) is 0 Å². The highest BCUT2D eigenvalue weighted by Crippen LogP contribution is 2.61. The first-order valence-corrected chi connectivity index (χ1v) is 22.6. The Morgan fingerprint density at radius 1 is 0.468 bits per heavy atom. The van der Waals surface area contributed by atoms with Crippen LogP contribution in [0, 0.1) is 11.8 Å². The summed E-state index contributed by atoms with van der Waals surface area (Å²) < 4.78 is 0. The summed E-state index contributed by atoms with van der Waals surface area (Å²) in [5.74, 6) is 1.22. The van der Waals surface area contributed by atoms with Gasteiger partial charge in [-0.25, -0.2) is 0 Å². The quantitative estimate of drug-likeness (QED) is 0.145. The summed E-state index contributed by atoms with van der Waals surface area (Å²) in [5, 5.41) is 0. The van der Waals surface area contributed by atoms with Crippen LogP contribution in [0.1, 0.15) is 69.2 Å². The van der Waals surface area contributed by atoms with Gasteiger partial charge in [0.15, 0.2) is 0 Å². The second-order valence-corrected chi connectivity index (χ2v) is 18.6. The van der Waals surface area contributed by atoms with Crippen LogP contribution in [0.5, 0.6) is 0 Å². The topological polar surface area (TPSA) is 3.24 Å². The minimum Gasteiger partial charge on any atom is -0.310 e. The molecular weight excluding hydrogens is 747 g/mol. The van der Waals surface area contributed by atoms with Crippen molar-refractivity contribution in [3.8, 4) is 55.6 Å². The van der Waals surface area contributed by atoms with Crippen LogP contribution in [0.4, 0.5) is 17.1 Å². The minimum absolute atomic E-state index is 0.114. The fourth-order valence-corrected chi connectivity index (χ4v) is 11.7. The molecule has 0 aliphatic heterocycles. The molecule has 0 amide bonds. The third-order valence-corrected chi connectivity index (χ3v) is 14.9. The molecule has 3 atom stereocenters. The molecule has 3 aliphatic carbocycles. The lowest BCUT2D eigenvalue weighted by atomic mass is 9.57. The number of hydrogen-bond acceptors (Lipinski definition) is 1. The lowest BCUT2D eigenvalue weighted by molar-refractivity contribution is 0.248. The molecule has 8 aromatic rings. The zero-order valence-corrected chi connectivity index (χ0v) is 36.3. The lowest BCUT2D eigenvalue weighted by Crippen LogP contribution is -2.40. The van der Waals surface area contributed by atoms with Crippen molar-refractivity contribution in [3.63, 3.8) is 0 Å². The molecule has 0 bridgehead atoms. The molecule has 1 heteroatoms. The molecule has 0 heterocycles. The second-order valence-electron chi connectivity index (χ2n) is 18.6. The van der Waals surface area contributed by atoms with E-state index in [2.05, 4.69) is 221 Å². The number of fused-ring (bicyclic) bond motifs is 8. The van der Waals surface area contributed by atoms with Gasteiger partial charge >= 0.3 is 0 Å². The molecule has 62 heavy (non-hydrogen) atoms. The molecule has 11 rings (SSSR count). The largest absolute Gasteiger partial charge is 0.310 e. The Balaban J connectivity index is 0.967. The molecule has 8 aromatic carbocycles. The molecule has 0 saturated heterocycles. The Bertz CT molecular complexity index is 2910. The molecule has 1 nitrogen and oxygen atoms in total. The number of benzene rings is 8. The van der Waals surface area contributed by atoms with Crippen molar-refractivity contribution in [1.29, 1.82) is 0 Å². The maximum Gasteiger partial charge on any atom is 0.0465 e. The van der Waals surface area contributed by atoms with Crippen LogP contribution < -0.4 is 4.90 Å². The summed E-state index contributed by atoms with van der Waals surface area (Å²) in [7, 11) is 0. The molecule has 302 valence electrons. The Morgan fingerprint density at radius 3 is 1.55 bits per heavy atom. The van der Waals surface area contributed by atoms with E-state index in [9.17, 15) is 0 Å². The first kappa shape index (κ1) is 38.2. The van der Waals surface area contributed by atoms with Gasteiger partial charge in [0.25, 0.3) is 0 Å². The lowest BCUT2D eigenvalue weighted by Gasteiger charge is -2.46. The summed E-state index contributed by atoms with van der Waals surface area (Å²) >= 11 is 0. The van der Waals surface area contributed by atoms with Crippen molar-refractivity contribution in [3.05, 3.63) is 222 Å². The monoisotopic (exact) mass is 799 g/mol. The highest BCUT2D eigenvalue weighted by molar-refractivity contribution is 5.90. The summed E-state index contributed by atoms with van der Waals surface area (Å²) in [4.78, 5) is 2.41. The van der Waals surface area contributed by atoms with Crippen LogP contribution >= 0.6 is 0 Å². The molecular formula is C61H53N. The van der Waals surface area contributed by atoms with Crippen molar-refractivity contribution >= 4 is 17.1 Å². The highest BCUT2D eigenvalue weighted by atomic mass is 15.1. The third kappa shape index (κ3) is 5.89. The van der Waals surface area contributed by atoms with Crippen molar-refractivity contribution in [2.75, 3.05) is 4.90 Å². The van der Waals surface area contributed by atoms with E-state index in [1.165, 1.54) is 96.3 Å². The molecule has 0 aromatic heterocycles. The van der Waals surface area contributed by atoms with E-state index < -0.39 is 0 Å². The summed E-state index contributed by atoms with van der Waals surface area (Å²) in [5.41, 5.74) is 22.9. The van der Waals surface area contributed by atoms with Gasteiger partial charge in [-0.05, 0) is 151 Å². The number of hydrogen-bond donors (Lipinski definition) is 0. The van der Waals surface area contributed by atoms with E-state index in [1.807, 2.05) is 0 Å². The fraction of sp³-hybridized carbons (Fsp3) is 0.180. The van der Waals surface area contributed by atoms with E-state index in [0.29, 0.717) is 5.92 Å².